The summed E-state index contributed by atoms with van der Waals surface area (Å²) < 4.78 is 6.01. The van der Waals surface area contributed by atoms with E-state index in [0.717, 1.165) is 19.5 Å². The Kier molecular flexibility index (Phi) is 4.33. The fraction of sp³-hybridized carbons (Fsp3) is 0.389. The van der Waals surface area contributed by atoms with E-state index in [1.807, 2.05) is 18.2 Å². The fourth-order valence-electron chi connectivity index (χ4n) is 3.62. The molecule has 2 N–H and O–H groups in total. The van der Waals surface area contributed by atoms with Crippen molar-refractivity contribution in [2.45, 2.75) is 24.6 Å². The van der Waals surface area contributed by atoms with Gasteiger partial charge in [-0.05, 0) is 12.0 Å². The van der Waals surface area contributed by atoms with Crippen LogP contribution in [0.25, 0.3) is 0 Å². The van der Waals surface area contributed by atoms with E-state index in [4.69, 9.17) is 4.74 Å². The Labute approximate surface area is 145 Å². The largest absolute Gasteiger partial charge is 0.371 e. The van der Waals surface area contributed by atoms with Crippen molar-refractivity contribution < 1.29 is 9.53 Å². The van der Waals surface area contributed by atoms with E-state index in [0.29, 0.717) is 12.6 Å². The zero-order valence-electron chi connectivity index (χ0n) is 13.7. The molecule has 2 aromatic rings. The molecule has 0 spiro atoms. The highest BCUT2D eigenvalue weighted by atomic mass is 16.5. The minimum absolute atomic E-state index is 0.00275. The number of nitrogens with one attached hydrogen (secondary N) is 2. The second kappa shape index (κ2) is 6.78. The van der Waals surface area contributed by atoms with Crippen LogP contribution in [0.4, 0.5) is 0 Å². The van der Waals surface area contributed by atoms with E-state index in [1.165, 1.54) is 18.0 Å². The van der Waals surface area contributed by atoms with Crippen LogP contribution in [-0.4, -0.2) is 52.6 Å². The van der Waals surface area contributed by atoms with Crippen LogP contribution in [-0.2, 0) is 4.74 Å². The van der Waals surface area contributed by atoms with Crippen LogP contribution < -0.4 is 10.9 Å². The molecule has 0 radical (unpaired) electrons. The first kappa shape index (κ1) is 16.0. The van der Waals surface area contributed by atoms with Crippen LogP contribution in [0.3, 0.4) is 0 Å². The number of hydrogen-bond acceptors (Lipinski definition) is 5. The molecule has 0 saturated carbocycles. The lowest BCUT2D eigenvalue weighted by Gasteiger charge is -2.35. The number of H-pyrrole nitrogens is 1. The molecule has 25 heavy (non-hydrogen) atoms. The number of rotatable bonds is 3. The summed E-state index contributed by atoms with van der Waals surface area (Å²) in [6.45, 7) is 2.22. The molecule has 1 aromatic carbocycles. The third kappa shape index (κ3) is 3.33. The van der Waals surface area contributed by atoms with E-state index in [9.17, 15) is 9.59 Å². The molecule has 3 atom stereocenters. The Morgan fingerprint density at radius 2 is 2.12 bits per heavy atom. The lowest BCUT2D eigenvalue weighted by atomic mass is 10.1. The summed E-state index contributed by atoms with van der Waals surface area (Å²) in [5.74, 6) is -0.424. The summed E-state index contributed by atoms with van der Waals surface area (Å²) in [6, 6.07) is 10.5. The molecule has 1 aromatic heterocycles. The van der Waals surface area contributed by atoms with Gasteiger partial charge in [0.05, 0.1) is 12.7 Å². The summed E-state index contributed by atoms with van der Waals surface area (Å²) in [4.78, 5) is 32.6. The van der Waals surface area contributed by atoms with Gasteiger partial charge in [-0.3, -0.25) is 14.5 Å². The molecule has 2 saturated heterocycles. The molecule has 3 heterocycles. The Hall–Kier alpha value is -2.51. The zero-order chi connectivity index (χ0) is 17.2. The number of ether oxygens (including phenoxy) is 1. The quantitative estimate of drug-likeness (QED) is 0.859. The van der Waals surface area contributed by atoms with Crippen molar-refractivity contribution >= 4 is 5.91 Å². The average Bonchev–Trinajstić information content (AvgIpc) is 3.04. The van der Waals surface area contributed by atoms with Crippen LogP contribution in [0.15, 0.2) is 47.5 Å². The molecule has 2 aliphatic heterocycles. The van der Waals surface area contributed by atoms with E-state index in [2.05, 4.69) is 32.3 Å². The van der Waals surface area contributed by atoms with E-state index in [1.54, 1.807) is 0 Å². The molecule has 0 unspecified atom stereocenters. The second-order valence-electron chi connectivity index (χ2n) is 6.51. The lowest BCUT2D eigenvalue weighted by molar-refractivity contribution is -0.0502. The van der Waals surface area contributed by atoms with Crippen molar-refractivity contribution in [3.05, 3.63) is 64.3 Å². The molecule has 7 heteroatoms. The highest BCUT2D eigenvalue weighted by Gasteiger charge is 2.38. The van der Waals surface area contributed by atoms with Gasteiger partial charge >= 0.3 is 0 Å². The van der Waals surface area contributed by atoms with Crippen LogP contribution in [0.1, 0.15) is 28.6 Å². The molecule has 1 amide bonds. The molecule has 130 valence electrons. The first-order chi connectivity index (χ1) is 12.2. The smallest absolute Gasteiger partial charge is 0.279 e. The topological polar surface area (TPSA) is 87.3 Å². The van der Waals surface area contributed by atoms with E-state index >= 15 is 0 Å². The number of carbonyl (C=O) groups is 1. The molecule has 0 bridgehead atoms. The maximum atomic E-state index is 12.3. The fourth-order valence-corrected chi connectivity index (χ4v) is 3.62. The number of amides is 1. The second-order valence-corrected chi connectivity index (χ2v) is 6.51. The van der Waals surface area contributed by atoms with Gasteiger partial charge in [-0.15, -0.1) is 0 Å². The standard InChI is InChI=1S/C18H20N4O3/c23-17-16(19-6-7-20-17)18(24)21-13-8-14-11-25-15(10-22(14)9-13)12-4-2-1-3-5-12/h1-7,13-15H,8-11H2,(H,20,23)(H,21,24)/t13-,14+,15-/m1/s1. The molecular formula is C18H20N4O3. The van der Waals surface area contributed by atoms with Crippen LogP contribution in [0.2, 0.25) is 0 Å². The van der Waals surface area contributed by atoms with E-state index < -0.39 is 11.5 Å². The zero-order valence-corrected chi connectivity index (χ0v) is 13.7. The first-order valence-corrected chi connectivity index (χ1v) is 8.46. The Bertz CT molecular complexity index is 807. The van der Waals surface area contributed by atoms with Crippen molar-refractivity contribution in [2.24, 2.45) is 0 Å². The van der Waals surface area contributed by atoms with Crippen molar-refractivity contribution in [3.8, 4) is 0 Å². The minimum atomic E-state index is -0.469. The SMILES string of the molecule is O=C(N[C@@H]1C[C@H]2CO[C@@H](c3ccccc3)CN2C1)c1ncc[nH]c1=O. The van der Waals surface area contributed by atoms with Gasteiger partial charge in [-0.1, -0.05) is 30.3 Å². The number of fused-ring (bicyclic) bond motifs is 1. The van der Waals surface area contributed by atoms with E-state index in [-0.39, 0.29) is 17.8 Å². The lowest BCUT2D eigenvalue weighted by Crippen LogP contribution is -2.43. The number of nitrogens with zero attached hydrogens (tertiary/aromatic N) is 2. The Morgan fingerprint density at radius 3 is 2.92 bits per heavy atom. The minimum Gasteiger partial charge on any atom is -0.371 e. The third-order valence-electron chi connectivity index (χ3n) is 4.85. The normalized spacial score (nSPS) is 26.2. The third-order valence-corrected chi connectivity index (χ3v) is 4.85. The molecular weight excluding hydrogens is 320 g/mol. The van der Waals surface area contributed by atoms with Gasteiger partial charge in [0, 0.05) is 37.6 Å². The summed E-state index contributed by atoms with van der Waals surface area (Å²) >= 11 is 0. The van der Waals surface area contributed by atoms with Gasteiger partial charge in [0.2, 0.25) is 0 Å². The highest BCUT2D eigenvalue weighted by Crippen LogP contribution is 2.30. The molecule has 0 aliphatic carbocycles. The molecule has 2 fully saturated rings. The van der Waals surface area contributed by atoms with Crippen molar-refractivity contribution in [1.29, 1.82) is 0 Å². The average molecular weight is 340 g/mol. The van der Waals surface area contributed by atoms with Gasteiger partial charge in [-0.25, -0.2) is 4.98 Å². The maximum absolute atomic E-state index is 12.3. The summed E-state index contributed by atoms with van der Waals surface area (Å²) in [5.41, 5.74) is 0.613. The molecule has 7 nitrogen and oxygen atoms in total. The number of carbonyl (C=O) groups excluding carboxylic acids is 1. The van der Waals surface area contributed by atoms with Crippen LogP contribution in [0, 0.1) is 0 Å². The summed E-state index contributed by atoms with van der Waals surface area (Å²) in [7, 11) is 0. The molecule has 2 aliphatic rings. The number of hydrogen-bond donors (Lipinski definition) is 2. The number of benzene rings is 1. The van der Waals surface area contributed by atoms with Crippen LogP contribution >= 0.6 is 0 Å². The van der Waals surface area contributed by atoms with Gasteiger partial charge in [0.1, 0.15) is 0 Å². The molecule has 4 rings (SSSR count). The van der Waals surface area contributed by atoms with Gasteiger partial charge in [-0.2, -0.15) is 0 Å². The summed E-state index contributed by atoms with van der Waals surface area (Å²) in [6.07, 6.45) is 3.70. The van der Waals surface area contributed by atoms with Gasteiger partial charge < -0.3 is 15.0 Å². The monoisotopic (exact) mass is 340 g/mol. The number of morpholine rings is 1. The Balaban J connectivity index is 1.39. The van der Waals surface area contributed by atoms with Crippen LogP contribution in [0.5, 0.6) is 0 Å². The predicted molar refractivity (Wildman–Crippen MR) is 91.2 cm³/mol. The Morgan fingerprint density at radius 1 is 1.28 bits per heavy atom. The van der Waals surface area contributed by atoms with Crippen molar-refractivity contribution in [3.63, 3.8) is 0 Å². The van der Waals surface area contributed by atoms with Crippen molar-refractivity contribution in [2.75, 3.05) is 19.7 Å². The van der Waals surface area contributed by atoms with Gasteiger partial charge in [0.25, 0.3) is 11.5 Å². The maximum Gasteiger partial charge on any atom is 0.279 e. The van der Waals surface area contributed by atoms with Crippen molar-refractivity contribution in [1.82, 2.24) is 20.2 Å². The number of aromatic nitrogens is 2. The van der Waals surface area contributed by atoms with Gasteiger partial charge in [0.15, 0.2) is 5.69 Å². The predicted octanol–water partition coefficient (Wildman–Crippen LogP) is 0.714. The first-order valence-electron chi connectivity index (χ1n) is 8.46. The number of aromatic amines is 1. The highest BCUT2D eigenvalue weighted by molar-refractivity contribution is 5.92. The summed E-state index contributed by atoms with van der Waals surface area (Å²) in [5, 5.41) is 2.93.